The minimum Gasteiger partial charge on any atom is -0.445 e. The van der Waals surface area contributed by atoms with Gasteiger partial charge in [0, 0.05) is 25.1 Å². The van der Waals surface area contributed by atoms with Gasteiger partial charge < -0.3 is 20.5 Å². The summed E-state index contributed by atoms with van der Waals surface area (Å²) in [5, 5.41) is 15.3. The summed E-state index contributed by atoms with van der Waals surface area (Å²) in [4.78, 5) is 11.7. The van der Waals surface area contributed by atoms with Crippen molar-refractivity contribution in [3.63, 3.8) is 0 Å². The van der Waals surface area contributed by atoms with Crippen LogP contribution in [-0.4, -0.2) is 36.9 Å². The van der Waals surface area contributed by atoms with Crippen LogP contribution < -0.4 is 10.6 Å². The number of rotatable bonds is 4. The van der Waals surface area contributed by atoms with E-state index in [4.69, 9.17) is 4.74 Å². The number of nitrogens with one attached hydrogen (secondary N) is 2. The van der Waals surface area contributed by atoms with Gasteiger partial charge in [0.25, 0.3) is 0 Å². The number of benzene rings is 1. The van der Waals surface area contributed by atoms with E-state index >= 15 is 0 Å². The Morgan fingerprint density at radius 2 is 2.21 bits per heavy atom. The number of aliphatic hydroxyl groups is 1. The highest BCUT2D eigenvalue weighted by Gasteiger charge is 2.26. The highest BCUT2D eigenvalue weighted by molar-refractivity contribution is 5.67. The van der Waals surface area contributed by atoms with E-state index in [0.717, 1.165) is 25.1 Å². The maximum absolute atomic E-state index is 11.7. The van der Waals surface area contributed by atoms with E-state index in [1.165, 1.54) is 0 Å². The quantitative estimate of drug-likeness (QED) is 0.755. The Morgan fingerprint density at radius 1 is 1.42 bits per heavy atom. The van der Waals surface area contributed by atoms with E-state index in [-0.39, 0.29) is 25.2 Å². The number of amides is 1. The summed E-state index contributed by atoms with van der Waals surface area (Å²) in [5.41, 5.74) is 0.960. The number of carbonyl (C=O) groups is 1. The molecule has 0 radical (unpaired) electrons. The van der Waals surface area contributed by atoms with Gasteiger partial charge in [0.1, 0.15) is 6.61 Å². The van der Waals surface area contributed by atoms with E-state index in [9.17, 15) is 9.90 Å². The average molecular weight is 264 g/mol. The fraction of sp³-hybridized carbons (Fsp3) is 0.500. The highest BCUT2D eigenvalue weighted by atomic mass is 16.5. The molecule has 5 nitrogen and oxygen atoms in total. The summed E-state index contributed by atoms with van der Waals surface area (Å²) in [5.74, 6) is 0.0537. The average Bonchev–Trinajstić information content (AvgIpc) is 2.47. The Bertz CT molecular complexity index is 397. The summed E-state index contributed by atoms with van der Waals surface area (Å²) in [7, 11) is 0. The summed E-state index contributed by atoms with van der Waals surface area (Å²) >= 11 is 0. The Kier molecular flexibility index (Phi) is 5.18. The van der Waals surface area contributed by atoms with Gasteiger partial charge in [-0.05, 0) is 18.5 Å². The van der Waals surface area contributed by atoms with E-state index in [0.29, 0.717) is 0 Å². The lowest BCUT2D eigenvalue weighted by Crippen LogP contribution is -2.50. The van der Waals surface area contributed by atoms with Crippen LogP contribution in [0.15, 0.2) is 30.3 Å². The third-order valence-corrected chi connectivity index (χ3v) is 3.36. The van der Waals surface area contributed by atoms with E-state index < -0.39 is 6.09 Å². The van der Waals surface area contributed by atoms with Crippen LogP contribution in [0, 0.1) is 5.92 Å². The van der Waals surface area contributed by atoms with Crippen molar-refractivity contribution in [1.29, 1.82) is 0 Å². The summed E-state index contributed by atoms with van der Waals surface area (Å²) < 4.78 is 5.17. The second-order valence-corrected chi connectivity index (χ2v) is 4.75. The van der Waals surface area contributed by atoms with Crippen LogP contribution in [0.1, 0.15) is 12.0 Å². The summed E-state index contributed by atoms with van der Waals surface area (Å²) in [6.45, 7) is 1.90. The van der Waals surface area contributed by atoms with Crippen LogP contribution in [0.3, 0.4) is 0 Å². The van der Waals surface area contributed by atoms with Gasteiger partial charge in [0.2, 0.25) is 0 Å². The van der Waals surface area contributed by atoms with Crippen molar-refractivity contribution in [1.82, 2.24) is 10.6 Å². The lowest BCUT2D eigenvalue weighted by Gasteiger charge is -2.31. The molecule has 1 fully saturated rings. The molecule has 3 N–H and O–H groups in total. The number of hydrogen-bond acceptors (Lipinski definition) is 4. The third kappa shape index (κ3) is 4.22. The first-order chi connectivity index (χ1) is 9.29. The fourth-order valence-corrected chi connectivity index (χ4v) is 2.22. The summed E-state index contributed by atoms with van der Waals surface area (Å²) in [6.07, 6.45) is 0.389. The molecule has 0 bridgehead atoms. The molecular weight excluding hydrogens is 244 g/mol. The first kappa shape index (κ1) is 13.8. The molecule has 0 unspecified atom stereocenters. The Morgan fingerprint density at radius 3 is 2.95 bits per heavy atom. The zero-order chi connectivity index (χ0) is 13.5. The van der Waals surface area contributed by atoms with Crippen molar-refractivity contribution < 1.29 is 14.6 Å². The van der Waals surface area contributed by atoms with Crippen LogP contribution in [0.4, 0.5) is 4.79 Å². The normalized spacial score (nSPS) is 22.8. The van der Waals surface area contributed by atoms with Gasteiger partial charge in [-0.15, -0.1) is 0 Å². The smallest absolute Gasteiger partial charge is 0.407 e. The van der Waals surface area contributed by atoms with E-state index in [2.05, 4.69) is 10.6 Å². The third-order valence-electron chi connectivity index (χ3n) is 3.36. The van der Waals surface area contributed by atoms with Crippen LogP contribution in [0.2, 0.25) is 0 Å². The van der Waals surface area contributed by atoms with E-state index in [1.54, 1.807) is 0 Å². The molecule has 1 aliphatic heterocycles. The van der Waals surface area contributed by atoms with Crippen molar-refractivity contribution in [3.05, 3.63) is 35.9 Å². The molecule has 2 rings (SSSR count). The SMILES string of the molecule is O=C(N[C@@H]1CCNC[C@@H]1CO)OCc1ccccc1. The van der Waals surface area contributed by atoms with Gasteiger partial charge in [0.15, 0.2) is 0 Å². The lowest BCUT2D eigenvalue weighted by atomic mass is 9.94. The molecule has 1 saturated heterocycles. The van der Waals surface area contributed by atoms with Crippen molar-refractivity contribution in [2.45, 2.75) is 19.1 Å². The molecule has 1 aromatic carbocycles. The van der Waals surface area contributed by atoms with Crippen LogP contribution in [0.5, 0.6) is 0 Å². The summed E-state index contributed by atoms with van der Waals surface area (Å²) in [6, 6.07) is 9.54. The maximum atomic E-state index is 11.7. The molecule has 104 valence electrons. The van der Waals surface area contributed by atoms with Crippen molar-refractivity contribution in [2.24, 2.45) is 5.92 Å². The molecular formula is C14H20N2O3. The molecule has 0 saturated carbocycles. The second-order valence-electron chi connectivity index (χ2n) is 4.75. The molecule has 1 heterocycles. The number of piperidine rings is 1. The standard InChI is InChI=1S/C14H20N2O3/c17-9-12-8-15-7-6-13(12)16-14(18)19-10-11-4-2-1-3-5-11/h1-5,12-13,15,17H,6-10H2,(H,16,18)/t12-,13-/m1/s1. The zero-order valence-electron chi connectivity index (χ0n) is 10.8. The Hall–Kier alpha value is -1.59. The van der Waals surface area contributed by atoms with Gasteiger partial charge in [-0.25, -0.2) is 4.79 Å². The predicted molar refractivity (Wildman–Crippen MR) is 71.6 cm³/mol. The molecule has 19 heavy (non-hydrogen) atoms. The van der Waals surface area contributed by atoms with Crippen LogP contribution in [0.25, 0.3) is 0 Å². The van der Waals surface area contributed by atoms with Crippen molar-refractivity contribution in [2.75, 3.05) is 19.7 Å². The number of carbonyl (C=O) groups excluding carboxylic acids is 1. The molecule has 2 atom stereocenters. The molecule has 0 spiro atoms. The monoisotopic (exact) mass is 264 g/mol. The highest BCUT2D eigenvalue weighted by Crippen LogP contribution is 2.11. The second kappa shape index (κ2) is 7.11. The number of alkyl carbamates (subject to hydrolysis) is 1. The van der Waals surface area contributed by atoms with Gasteiger partial charge in [0.05, 0.1) is 0 Å². The molecule has 1 aliphatic rings. The van der Waals surface area contributed by atoms with Crippen molar-refractivity contribution in [3.8, 4) is 0 Å². The van der Waals surface area contributed by atoms with Crippen LogP contribution >= 0.6 is 0 Å². The maximum Gasteiger partial charge on any atom is 0.407 e. The molecule has 1 aromatic rings. The van der Waals surface area contributed by atoms with Gasteiger partial charge in [-0.3, -0.25) is 0 Å². The molecule has 1 amide bonds. The van der Waals surface area contributed by atoms with Gasteiger partial charge in [-0.1, -0.05) is 30.3 Å². The zero-order valence-corrected chi connectivity index (χ0v) is 10.8. The fourth-order valence-electron chi connectivity index (χ4n) is 2.22. The minimum atomic E-state index is -0.422. The molecule has 0 aromatic heterocycles. The van der Waals surface area contributed by atoms with Gasteiger partial charge in [-0.2, -0.15) is 0 Å². The van der Waals surface area contributed by atoms with Gasteiger partial charge >= 0.3 is 6.09 Å². The predicted octanol–water partition coefficient (Wildman–Crippen LogP) is 0.883. The minimum absolute atomic E-state index is 0.0190. The van der Waals surface area contributed by atoms with Crippen molar-refractivity contribution >= 4 is 6.09 Å². The lowest BCUT2D eigenvalue weighted by molar-refractivity contribution is 0.117. The first-order valence-corrected chi connectivity index (χ1v) is 6.58. The first-order valence-electron chi connectivity index (χ1n) is 6.58. The van der Waals surface area contributed by atoms with E-state index in [1.807, 2.05) is 30.3 Å². The largest absolute Gasteiger partial charge is 0.445 e. The Labute approximate surface area is 113 Å². The molecule has 5 heteroatoms. The Balaban J connectivity index is 1.77. The number of aliphatic hydroxyl groups excluding tert-OH is 1. The number of hydrogen-bond donors (Lipinski definition) is 3. The number of ether oxygens (including phenoxy) is 1. The topological polar surface area (TPSA) is 70.6 Å². The van der Waals surface area contributed by atoms with Crippen LogP contribution in [-0.2, 0) is 11.3 Å². The molecule has 0 aliphatic carbocycles.